The smallest absolute Gasteiger partial charge is 0.169 e. The van der Waals surface area contributed by atoms with Crippen LogP contribution in [0.2, 0.25) is 5.02 Å². The largest absolute Gasteiger partial charge is 0.493 e. The molecule has 0 spiro atoms. The molecule has 100 valence electrons. The Morgan fingerprint density at radius 3 is 2.63 bits per heavy atom. The quantitative estimate of drug-likeness (QED) is 0.698. The molecule has 0 aromatic heterocycles. The van der Waals surface area contributed by atoms with Crippen molar-refractivity contribution >= 4 is 27.5 Å². The van der Waals surface area contributed by atoms with Crippen molar-refractivity contribution in [3.05, 3.63) is 52.5 Å². The molecule has 0 atom stereocenters. The minimum Gasteiger partial charge on any atom is -0.493 e. The molecule has 2 aromatic carbocycles. The van der Waals surface area contributed by atoms with Crippen LogP contribution in [0, 0.1) is 6.92 Å². The second kappa shape index (κ2) is 6.31. The predicted molar refractivity (Wildman–Crippen MR) is 81.9 cm³/mol. The van der Waals surface area contributed by atoms with Crippen LogP contribution >= 0.6 is 27.5 Å². The molecule has 0 bridgehead atoms. The predicted octanol–water partition coefficient (Wildman–Crippen LogP) is 5.34. The number of para-hydroxylation sites is 1. The van der Waals surface area contributed by atoms with Crippen LogP contribution < -0.4 is 9.47 Å². The van der Waals surface area contributed by atoms with Crippen LogP contribution in [-0.2, 0) is 5.33 Å². The first kappa shape index (κ1) is 14.2. The molecule has 2 nitrogen and oxygen atoms in total. The van der Waals surface area contributed by atoms with Gasteiger partial charge in [0.15, 0.2) is 11.5 Å². The number of aryl methyl sites for hydroxylation is 1. The zero-order valence-electron chi connectivity index (χ0n) is 10.7. The number of halogens is 2. The molecule has 0 heterocycles. The van der Waals surface area contributed by atoms with Gasteiger partial charge in [-0.1, -0.05) is 45.7 Å². The van der Waals surface area contributed by atoms with Crippen LogP contribution in [-0.4, -0.2) is 7.11 Å². The Kier molecular flexibility index (Phi) is 4.72. The van der Waals surface area contributed by atoms with Crippen LogP contribution in [0.1, 0.15) is 11.1 Å². The van der Waals surface area contributed by atoms with Gasteiger partial charge < -0.3 is 9.47 Å². The summed E-state index contributed by atoms with van der Waals surface area (Å²) in [7, 11) is 1.62. The lowest BCUT2D eigenvalue weighted by Gasteiger charge is -2.14. The van der Waals surface area contributed by atoms with Crippen molar-refractivity contribution in [1.29, 1.82) is 0 Å². The fraction of sp³-hybridized carbons (Fsp3) is 0.200. The van der Waals surface area contributed by atoms with E-state index in [2.05, 4.69) is 15.9 Å². The first-order valence-corrected chi connectivity index (χ1v) is 7.31. The van der Waals surface area contributed by atoms with Crippen molar-refractivity contribution in [2.45, 2.75) is 12.3 Å². The van der Waals surface area contributed by atoms with Crippen LogP contribution in [0.15, 0.2) is 36.4 Å². The highest BCUT2D eigenvalue weighted by molar-refractivity contribution is 9.08. The lowest BCUT2D eigenvalue weighted by Crippen LogP contribution is -1.94. The van der Waals surface area contributed by atoms with Gasteiger partial charge in [-0.25, -0.2) is 0 Å². The van der Waals surface area contributed by atoms with E-state index in [-0.39, 0.29) is 0 Å². The van der Waals surface area contributed by atoms with E-state index in [1.165, 1.54) is 0 Å². The van der Waals surface area contributed by atoms with E-state index >= 15 is 0 Å². The first-order chi connectivity index (χ1) is 9.15. The van der Waals surface area contributed by atoms with Gasteiger partial charge in [0.2, 0.25) is 0 Å². The Bertz CT molecular complexity index is 584. The molecule has 0 saturated heterocycles. The van der Waals surface area contributed by atoms with Crippen LogP contribution in [0.5, 0.6) is 17.2 Å². The van der Waals surface area contributed by atoms with Gasteiger partial charge in [-0.3, -0.25) is 0 Å². The molecule has 19 heavy (non-hydrogen) atoms. The zero-order valence-corrected chi connectivity index (χ0v) is 13.1. The molecule has 0 saturated carbocycles. The summed E-state index contributed by atoms with van der Waals surface area (Å²) < 4.78 is 11.3. The van der Waals surface area contributed by atoms with Crippen molar-refractivity contribution in [2.75, 3.05) is 7.11 Å². The molecule has 4 heteroatoms. The molecule has 0 radical (unpaired) electrons. The molecular weight excluding hydrogens is 328 g/mol. The Labute approximate surface area is 126 Å². The molecule has 2 aromatic rings. The number of ether oxygens (including phenoxy) is 2. The number of rotatable bonds is 4. The summed E-state index contributed by atoms with van der Waals surface area (Å²) in [6, 6.07) is 11.5. The van der Waals surface area contributed by atoms with Crippen molar-refractivity contribution in [2.24, 2.45) is 0 Å². The molecule has 0 unspecified atom stereocenters. The van der Waals surface area contributed by atoms with E-state index in [9.17, 15) is 0 Å². The highest BCUT2D eigenvalue weighted by atomic mass is 79.9. The summed E-state index contributed by atoms with van der Waals surface area (Å²) in [5, 5.41) is 1.26. The standard InChI is InChI=1S/C15H14BrClO2/c1-10-6-7-13(14(8-10)18-2)19-15-11(9-16)4-3-5-12(15)17/h3-8H,9H2,1-2H3. The van der Waals surface area contributed by atoms with Gasteiger partial charge in [-0.15, -0.1) is 0 Å². The molecule has 0 amide bonds. The highest BCUT2D eigenvalue weighted by Gasteiger charge is 2.12. The maximum absolute atomic E-state index is 6.20. The summed E-state index contributed by atoms with van der Waals surface area (Å²) in [6.07, 6.45) is 0. The molecule has 0 aliphatic rings. The topological polar surface area (TPSA) is 18.5 Å². The van der Waals surface area contributed by atoms with Crippen molar-refractivity contribution < 1.29 is 9.47 Å². The molecule has 0 fully saturated rings. The third-order valence-corrected chi connectivity index (χ3v) is 3.63. The number of benzene rings is 2. The molecule has 2 rings (SSSR count). The lowest BCUT2D eigenvalue weighted by molar-refractivity contribution is 0.378. The van der Waals surface area contributed by atoms with E-state index < -0.39 is 0 Å². The van der Waals surface area contributed by atoms with Gasteiger partial charge in [0.05, 0.1) is 12.1 Å². The maximum Gasteiger partial charge on any atom is 0.169 e. The number of hydrogen-bond acceptors (Lipinski definition) is 2. The fourth-order valence-corrected chi connectivity index (χ4v) is 2.42. The zero-order chi connectivity index (χ0) is 13.8. The third kappa shape index (κ3) is 3.23. The second-order valence-electron chi connectivity index (χ2n) is 4.12. The number of methoxy groups -OCH3 is 1. The van der Waals surface area contributed by atoms with E-state index in [0.29, 0.717) is 27.6 Å². The van der Waals surface area contributed by atoms with E-state index in [1.54, 1.807) is 7.11 Å². The van der Waals surface area contributed by atoms with Crippen molar-refractivity contribution in [1.82, 2.24) is 0 Å². The summed E-state index contributed by atoms with van der Waals surface area (Å²) in [4.78, 5) is 0. The van der Waals surface area contributed by atoms with Gasteiger partial charge in [-0.05, 0) is 30.7 Å². The van der Waals surface area contributed by atoms with Gasteiger partial charge in [-0.2, -0.15) is 0 Å². The minimum atomic E-state index is 0.583. The summed E-state index contributed by atoms with van der Waals surface area (Å²) in [5.74, 6) is 2.01. The van der Waals surface area contributed by atoms with E-state index in [1.807, 2.05) is 43.3 Å². The summed E-state index contributed by atoms with van der Waals surface area (Å²) in [5.41, 5.74) is 2.11. The Morgan fingerprint density at radius 1 is 1.16 bits per heavy atom. The van der Waals surface area contributed by atoms with Crippen molar-refractivity contribution in [3.8, 4) is 17.2 Å². The van der Waals surface area contributed by atoms with E-state index in [4.69, 9.17) is 21.1 Å². The number of hydrogen-bond donors (Lipinski definition) is 0. The van der Waals surface area contributed by atoms with Crippen LogP contribution in [0.4, 0.5) is 0 Å². The Morgan fingerprint density at radius 2 is 1.95 bits per heavy atom. The highest BCUT2D eigenvalue weighted by Crippen LogP contribution is 2.38. The minimum absolute atomic E-state index is 0.583. The lowest BCUT2D eigenvalue weighted by atomic mass is 10.2. The van der Waals surface area contributed by atoms with Gasteiger partial charge in [0.25, 0.3) is 0 Å². The van der Waals surface area contributed by atoms with Crippen molar-refractivity contribution in [3.63, 3.8) is 0 Å². The van der Waals surface area contributed by atoms with Crippen LogP contribution in [0.25, 0.3) is 0 Å². The molecule has 0 aliphatic heterocycles. The van der Waals surface area contributed by atoms with Crippen LogP contribution in [0.3, 0.4) is 0 Å². The Balaban J connectivity index is 2.41. The molecule has 0 aliphatic carbocycles. The van der Waals surface area contributed by atoms with Gasteiger partial charge in [0.1, 0.15) is 5.75 Å². The summed E-state index contributed by atoms with van der Waals surface area (Å²) in [6.45, 7) is 2.01. The summed E-state index contributed by atoms with van der Waals surface area (Å²) >= 11 is 9.63. The van der Waals surface area contributed by atoms with Gasteiger partial charge in [0, 0.05) is 10.9 Å². The normalized spacial score (nSPS) is 10.3. The van der Waals surface area contributed by atoms with E-state index in [0.717, 1.165) is 11.1 Å². The SMILES string of the molecule is COc1cc(C)ccc1Oc1c(Cl)cccc1CBr. The first-order valence-electron chi connectivity index (χ1n) is 5.81. The fourth-order valence-electron chi connectivity index (χ4n) is 1.74. The molecular formula is C15H14BrClO2. The van der Waals surface area contributed by atoms with Gasteiger partial charge >= 0.3 is 0 Å². The molecule has 0 N–H and O–H groups in total. The maximum atomic E-state index is 6.20. The Hall–Kier alpha value is -1.19. The average molecular weight is 342 g/mol. The second-order valence-corrected chi connectivity index (χ2v) is 5.09. The monoisotopic (exact) mass is 340 g/mol. The number of alkyl halides is 1. The average Bonchev–Trinajstić information content (AvgIpc) is 2.42. The third-order valence-electron chi connectivity index (χ3n) is 2.72.